The van der Waals surface area contributed by atoms with Gasteiger partial charge in [0.15, 0.2) is 0 Å². The molecule has 0 aliphatic carbocycles. The highest BCUT2D eigenvalue weighted by Crippen LogP contribution is 2.23. The van der Waals surface area contributed by atoms with Gasteiger partial charge in [-0.05, 0) is 36.7 Å². The van der Waals surface area contributed by atoms with E-state index in [1.165, 1.54) is 0 Å². The monoisotopic (exact) mass is 244 g/mol. The van der Waals surface area contributed by atoms with Gasteiger partial charge in [0.25, 0.3) is 0 Å². The number of carbonyl (C=O) groups excluding carboxylic acids is 1. The van der Waals surface area contributed by atoms with E-state index in [1.54, 1.807) is 0 Å². The molecular weight excluding hydrogens is 232 g/mol. The molecule has 1 aromatic heterocycles. The molecule has 3 nitrogen and oxygen atoms in total. The fourth-order valence-electron chi connectivity index (χ4n) is 1.26. The number of nitrogens with zero attached hydrogens (tertiary/aromatic N) is 2. The summed E-state index contributed by atoms with van der Waals surface area (Å²) in [6.07, 6.45) is 1.32. The summed E-state index contributed by atoms with van der Waals surface area (Å²) in [4.78, 5) is 10.4. The molecule has 72 valence electrons. The van der Waals surface area contributed by atoms with Crippen molar-refractivity contribution < 1.29 is 4.79 Å². The van der Waals surface area contributed by atoms with Crippen LogP contribution >= 0.6 is 15.9 Å². The van der Waals surface area contributed by atoms with Gasteiger partial charge in [-0.25, -0.2) is 0 Å². The minimum absolute atomic E-state index is 0.292. The molecular formula is C9H13BrN2O. The maximum atomic E-state index is 10.4. The Kier molecular flexibility index (Phi) is 3.25. The maximum Gasteiger partial charge on any atom is 0.125 e. The van der Waals surface area contributed by atoms with Crippen LogP contribution in [0.15, 0.2) is 4.47 Å². The normalized spacial score (nSPS) is 10.8. The standard InChI is InChI=1S/C9H13BrN2O/c1-6(2)12-8(4-5-13)9(10)7(3)11-12/h5-6H,4H2,1-3H3. The summed E-state index contributed by atoms with van der Waals surface area (Å²) in [5.41, 5.74) is 1.90. The smallest absolute Gasteiger partial charge is 0.125 e. The molecule has 0 spiro atoms. The van der Waals surface area contributed by atoms with E-state index in [9.17, 15) is 4.79 Å². The molecule has 0 amide bonds. The number of hydrogen-bond donors (Lipinski definition) is 0. The van der Waals surface area contributed by atoms with E-state index in [-0.39, 0.29) is 0 Å². The van der Waals surface area contributed by atoms with Crippen LogP contribution in [0, 0.1) is 6.92 Å². The van der Waals surface area contributed by atoms with E-state index < -0.39 is 0 Å². The molecule has 0 aliphatic heterocycles. The van der Waals surface area contributed by atoms with Gasteiger partial charge >= 0.3 is 0 Å². The highest BCUT2D eigenvalue weighted by atomic mass is 79.9. The second kappa shape index (κ2) is 4.05. The van der Waals surface area contributed by atoms with Gasteiger partial charge < -0.3 is 4.79 Å². The van der Waals surface area contributed by atoms with E-state index in [0.29, 0.717) is 12.5 Å². The third-order valence-corrected chi connectivity index (χ3v) is 2.90. The summed E-state index contributed by atoms with van der Waals surface area (Å²) in [6, 6.07) is 0.292. The third-order valence-electron chi connectivity index (χ3n) is 1.87. The number of hydrogen-bond acceptors (Lipinski definition) is 2. The minimum atomic E-state index is 0.292. The molecule has 0 N–H and O–H groups in total. The van der Waals surface area contributed by atoms with Crippen LogP contribution in [0.3, 0.4) is 0 Å². The number of rotatable bonds is 3. The molecule has 0 saturated heterocycles. The molecule has 13 heavy (non-hydrogen) atoms. The van der Waals surface area contributed by atoms with Gasteiger partial charge in [0.2, 0.25) is 0 Å². The number of aldehydes is 1. The van der Waals surface area contributed by atoms with E-state index in [2.05, 4.69) is 21.0 Å². The Hall–Kier alpha value is -0.640. The average molecular weight is 245 g/mol. The topological polar surface area (TPSA) is 34.9 Å². The lowest BCUT2D eigenvalue weighted by Gasteiger charge is -2.08. The fraction of sp³-hybridized carbons (Fsp3) is 0.556. The highest BCUT2D eigenvalue weighted by molar-refractivity contribution is 9.10. The van der Waals surface area contributed by atoms with Gasteiger partial charge in [0.05, 0.1) is 15.9 Å². The Bertz CT molecular complexity index is 318. The molecule has 1 rings (SSSR count). The Balaban J connectivity index is 3.18. The summed E-state index contributed by atoms with van der Waals surface area (Å²) in [5.74, 6) is 0. The Morgan fingerprint density at radius 2 is 2.23 bits per heavy atom. The summed E-state index contributed by atoms with van der Waals surface area (Å²) >= 11 is 3.43. The van der Waals surface area contributed by atoms with Crippen LogP contribution in [0.4, 0.5) is 0 Å². The zero-order valence-electron chi connectivity index (χ0n) is 8.04. The Morgan fingerprint density at radius 1 is 1.62 bits per heavy atom. The highest BCUT2D eigenvalue weighted by Gasteiger charge is 2.13. The number of aromatic nitrogens is 2. The second-order valence-corrected chi connectivity index (χ2v) is 4.05. The lowest BCUT2D eigenvalue weighted by Crippen LogP contribution is -2.08. The predicted octanol–water partition coefficient (Wildman–Crippen LogP) is 2.28. The molecule has 4 heteroatoms. The molecule has 0 fully saturated rings. The zero-order valence-corrected chi connectivity index (χ0v) is 9.63. The van der Waals surface area contributed by atoms with Gasteiger partial charge in [0, 0.05) is 12.5 Å². The quantitative estimate of drug-likeness (QED) is 0.765. The lowest BCUT2D eigenvalue weighted by molar-refractivity contribution is -0.107. The number of halogens is 1. The van der Waals surface area contributed by atoms with Gasteiger partial charge in [0.1, 0.15) is 6.29 Å². The van der Waals surface area contributed by atoms with Crippen LogP contribution in [0.5, 0.6) is 0 Å². The number of carbonyl (C=O) groups is 1. The molecule has 0 atom stereocenters. The summed E-state index contributed by atoms with van der Waals surface area (Å²) in [5, 5.41) is 4.34. The van der Waals surface area contributed by atoms with Crippen LogP contribution in [-0.2, 0) is 11.2 Å². The average Bonchev–Trinajstić information content (AvgIpc) is 2.33. The minimum Gasteiger partial charge on any atom is -0.303 e. The van der Waals surface area contributed by atoms with Crippen molar-refractivity contribution in [3.63, 3.8) is 0 Å². The first-order chi connectivity index (χ1) is 6.07. The Morgan fingerprint density at radius 3 is 2.69 bits per heavy atom. The predicted molar refractivity (Wildman–Crippen MR) is 54.8 cm³/mol. The van der Waals surface area contributed by atoms with Crippen LogP contribution in [-0.4, -0.2) is 16.1 Å². The Labute approximate surface area is 86.3 Å². The van der Waals surface area contributed by atoms with Crippen LogP contribution in [0.1, 0.15) is 31.3 Å². The van der Waals surface area contributed by atoms with Crippen LogP contribution < -0.4 is 0 Å². The largest absolute Gasteiger partial charge is 0.303 e. The van der Waals surface area contributed by atoms with Gasteiger partial charge in [-0.15, -0.1) is 0 Å². The zero-order chi connectivity index (χ0) is 10.0. The first-order valence-corrected chi connectivity index (χ1v) is 5.04. The second-order valence-electron chi connectivity index (χ2n) is 3.26. The molecule has 0 aliphatic rings. The molecule has 0 bridgehead atoms. The van der Waals surface area contributed by atoms with Gasteiger partial charge in [-0.3, -0.25) is 4.68 Å². The molecule has 0 aromatic carbocycles. The van der Waals surface area contributed by atoms with Crippen molar-refractivity contribution in [1.82, 2.24) is 9.78 Å². The summed E-state index contributed by atoms with van der Waals surface area (Å²) in [7, 11) is 0. The maximum absolute atomic E-state index is 10.4. The van der Waals surface area contributed by atoms with E-state index in [4.69, 9.17) is 0 Å². The SMILES string of the molecule is Cc1nn(C(C)C)c(CC=O)c1Br. The summed E-state index contributed by atoms with van der Waals surface area (Å²) in [6.45, 7) is 6.03. The van der Waals surface area contributed by atoms with Crippen molar-refractivity contribution in [2.75, 3.05) is 0 Å². The lowest BCUT2D eigenvalue weighted by atomic mass is 10.3. The molecule has 0 radical (unpaired) electrons. The van der Waals surface area contributed by atoms with Crippen molar-refractivity contribution in [2.45, 2.75) is 33.2 Å². The van der Waals surface area contributed by atoms with E-state index >= 15 is 0 Å². The van der Waals surface area contributed by atoms with Crippen molar-refractivity contribution in [3.8, 4) is 0 Å². The van der Waals surface area contributed by atoms with Gasteiger partial charge in [-0.2, -0.15) is 5.10 Å². The molecule has 1 heterocycles. The number of aryl methyl sites for hydroxylation is 1. The molecule has 0 saturated carbocycles. The summed E-state index contributed by atoms with van der Waals surface area (Å²) < 4.78 is 2.83. The first kappa shape index (κ1) is 10.4. The van der Waals surface area contributed by atoms with Crippen LogP contribution in [0.2, 0.25) is 0 Å². The van der Waals surface area contributed by atoms with Crippen molar-refractivity contribution >= 4 is 22.2 Å². The third kappa shape index (κ3) is 1.99. The fourth-order valence-corrected chi connectivity index (χ4v) is 1.69. The molecule has 0 unspecified atom stereocenters. The van der Waals surface area contributed by atoms with E-state index in [0.717, 1.165) is 22.1 Å². The van der Waals surface area contributed by atoms with E-state index in [1.807, 2.05) is 25.5 Å². The van der Waals surface area contributed by atoms with Gasteiger partial charge in [-0.1, -0.05) is 0 Å². The van der Waals surface area contributed by atoms with Crippen molar-refractivity contribution in [3.05, 3.63) is 15.9 Å². The van der Waals surface area contributed by atoms with Crippen LogP contribution in [0.25, 0.3) is 0 Å². The molecule has 1 aromatic rings. The van der Waals surface area contributed by atoms with Crippen molar-refractivity contribution in [2.24, 2.45) is 0 Å². The first-order valence-electron chi connectivity index (χ1n) is 4.25. The van der Waals surface area contributed by atoms with Crippen molar-refractivity contribution in [1.29, 1.82) is 0 Å².